The molecule has 3 aliphatic rings. The first-order chi connectivity index (χ1) is 10.6. The lowest BCUT2D eigenvalue weighted by molar-refractivity contribution is -0.141. The van der Waals surface area contributed by atoms with Crippen LogP contribution in [0.2, 0.25) is 0 Å². The van der Waals surface area contributed by atoms with Crippen molar-refractivity contribution in [3.05, 3.63) is 34.4 Å². The Morgan fingerprint density at radius 3 is 3.09 bits per heavy atom. The predicted molar refractivity (Wildman–Crippen MR) is 81.7 cm³/mol. The number of β-lactam (4-membered cyclic amide) rings is 1. The van der Waals surface area contributed by atoms with Crippen molar-refractivity contribution in [1.29, 1.82) is 0 Å². The fourth-order valence-electron chi connectivity index (χ4n) is 3.11. The number of thioether (sulfide) groups is 1. The van der Waals surface area contributed by atoms with Gasteiger partial charge in [0.1, 0.15) is 16.9 Å². The summed E-state index contributed by atoms with van der Waals surface area (Å²) >= 11 is 1.36. The van der Waals surface area contributed by atoms with Gasteiger partial charge in [-0.05, 0) is 18.9 Å². The predicted octanol–water partition coefficient (Wildman–Crippen LogP) is 1.83. The molecule has 3 aliphatic heterocycles. The van der Waals surface area contributed by atoms with Crippen molar-refractivity contribution in [2.45, 2.75) is 37.6 Å². The maximum atomic E-state index is 12.2. The Bertz CT molecular complexity index is 711. The quantitative estimate of drug-likeness (QED) is 0.665. The number of rotatable bonds is 2. The molecule has 114 valence electrons. The standard InChI is InChI=1S/C15H15N3O3S/c19-13-10(14-18(13)11(8-22-14)15(20)21)6-9-7-17-5-3-1-2-4-12(17)16-9/h6-8,14H,1-5H2,(H,20,21)/b10-6+. The van der Waals surface area contributed by atoms with Gasteiger partial charge in [-0.25, -0.2) is 9.78 Å². The second-order valence-corrected chi connectivity index (χ2v) is 6.61. The summed E-state index contributed by atoms with van der Waals surface area (Å²) in [7, 11) is 0. The largest absolute Gasteiger partial charge is 0.477 e. The number of carboxylic acid groups (broad SMARTS) is 1. The number of aryl methyl sites for hydroxylation is 2. The molecule has 1 amide bonds. The molecule has 1 unspecified atom stereocenters. The number of carboxylic acids is 1. The fourth-order valence-corrected chi connectivity index (χ4v) is 4.23. The molecule has 0 saturated carbocycles. The van der Waals surface area contributed by atoms with Crippen molar-refractivity contribution in [3.8, 4) is 0 Å². The number of amides is 1. The van der Waals surface area contributed by atoms with Crippen LogP contribution in [0.15, 0.2) is 22.9 Å². The molecule has 0 radical (unpaired) electrons. The summed E-state index contributed by atoms with van der Waals surface area (Å²) < 4.78 is 2.17. The first kappa shape index (κ1) is 13.6. The van der Waals surface area contributed by atoms with Crippen LogP contribution in [0, 0.1) is 0 Å². The highest BCUT2D eigenvalue weighted by atomic mass is 32.2. The third-order valence-electron chi connectivity index (χ3n) is 4.23. The van der Waals surface area contributed by atoms with Crippen molar-refractivity contribution in [3.63, 3.8) is 0 Å². The van der Waals surface area contributed by atoms with Crippen molar-refractivity contribution in [1.82, 2.24) is 14.5 Å². The Morgan fingerprint density at radius 2 is 2.27 bits per heavy atom. The second-order valence-electron chi connectivity index (χ2n) is 5.66. The molecule has 0 bridgehead atoms. The van der Waals surface area contributed by atoms with E-state index < -0.39 is 5.97 Å². The number of fused-ring (bicyclic) bond motifs is 2. The molecule has 0 spiro atoms. The van der Waals surface area contributed by atoms with Crippen LogP contribution in [0.5, 0.6) is 0 Å². The second kappa shape index (κ2) is 5.01. The van der Waals surface area contributed by atoms with Crippen molar-refractivity contribution in [2.75, 3.05) is 0 Å². The third kappa shape index (κ3) is 1.99. The zero-order valence-electron chi connectivity index (χ0n) is 11.9. The van der Waals surface area contributed by atoms with E-state index >= 15 is 0 Å². The molecule has 4 heterocycles. The minimum atomic E-state index is -1.06. The van der Waals surface area contributed by atoms with Crippen LogP contribution in [0.3, 0.4) is 0 Å². The number of aliphatic carboxylic acids is 1. The van der Waals surface area contributed by atoms with E-state index in [1.807, 2.05) is 6.20 Å². The Kier molecular flexibility index (Phi) is 3.11. The van der Waals surface area contributed by atoms with Gasteiger partial charge in [0.2, 0.25) is 0 Å². The summed E-state index contributed by atoms with van der Waals surface area (Å²) in [4.78, 5) is 29.2. The van der Waals surface area contributed by atoms with Gasteiger partial charge in [-0.1, -0.05) is 6.42 Å². The van der Waals surface area contributed by atoms with Gasteiger partial charge >= 0.3 is 5.97 Å². The molecular weight excluding hydrogens is 302 g/mol. The van der Waals surface area contributed by atoms with E-state index in [2.05, 4.69) is 9.55 Å². The van der Waals surface area contributed by atoms with Crippen LogP contribution in [0.1, 0.15) is 30.8 Å². The van der Waals surface area contributed by atoms with E-state index in [4.69, 9.17) is 5.11 Å². The molecule has 22 heavy (non-hydrogen) atoms. The first-order valence-corrected chi connectivity index (χ1v) is 8.29. The summed E-state index contributed by atoms with van der Waals surface area (Å²) in [6.07, 6.45) is 8.33. The molecule has 0 aliphatic carbocycles. The van der Waals surface area contributed by atoms with Crippen LogP contribution < -0.4 is 0 Å². The van der Waals surface area contributed by atoms with Crippen LogP contribution in [-0.2, 0) is 22.6 Å². The lowest BCUT2D eigenvalue weighted by Gasteiger charge is -2.36. The van der Waals surface area contributed by atoms with Crippen LogP contribution in [0.4, 0.5) is 0 Å². The van der Waals surface area contributed by atoms with E-state index in [9.17, 15) is 9.59 Å². The van der Waals surface area contributed by atoms with Crippen LogP contribution >= 0.6 is 11.8 Å². The molecule has 1 saturated heterocycles. The topological polar surface area (TPSA) is 75.4 Å². The molecule has 1 aromatic heterocycles. The lowest BCUT2D eigenvalue weighted by atomic mass is 10.0. The Balaban J connectivity index is 1.58. The van der Waals surface area contributed by atoms with Gasteiger partial charge in [0.05, 0.1) is 11.3 Å². The maximum Gasteiger partial charge on any atom is 0.353 e. The summed E-state index contributed by atoms with van der Waals surface area (Å²) in [6, 6.07) is 0. The van der Waals surface area contributed by atoms with Crippen molar-refractivity contribution in [2.24, 2.45) is 0 Å². The summed E-state index contributed by atoms with van der Waals surface area (Å²) in [5, 5.41) is 10.4. The van der Waals surface area contributed by atoms with E-state index in [0.717, 1.165) is 37.3 Å². The Morgan fingerprint density at radius 1 is 1.41 bits per heavy atom. The van der Waals surface area contributed by atoms with E-state index in [1.54, 1.807) is 6.08 Å². The van der Waals surface area contributed by atoms with Crippen LogP contribution in [0.25, 0.3) is 6.08 Å². The van der Waals surface area contributed by atoms with E-state index in [-0.39, 0.29) is 17.0 Å². The fraction of sp³-hybridized carbons (Fsp3) is 0.400. The summed E-state index contributed by atoms with van der Waals surface area (Å²) in [5.41, 5.74) is 1.49. The number of carbonyl (C=O) groups excluding carboxylic acids is 1. The zero-order chi connectivity index (χ0) is 15.3. The SMILES string of the molecule is O=C(O)C1=CSC2/C(=C/c3cn4c(n3)CCCCC4)C(=O)N12. The average molecular weight is 317 g/mol. The number of aromatic nitrogens is 2. The lowest BCUT2D eigenvalue weighted by Crippen LogP contribution is -2.51. The van der Waals surface area contributed by atoms with Gasteiger partial charge in [-0.15, -0.1) is 11.8 Å². The number of hydrogen-bond acceptors (Lipinski definition) is 4. The molecule has 6 nitrogen and oxygen atoms in total. The van der Waals surface area contributed by atoms with Crippen LogP contribution in [-0.4, -0.2) is 36.8 Å². The van der Waals surface area contributed by atoms with E-state index in [1.165, 1.54) is 28.5 Å². The van der Waals surface area contributed by atoms with Gasteiger partial charge in [0, 0.05) is 24.6 Å². The smallest absolute Gasteiger partial charge is 0.353 e. The molecule has 1 aromatic rings. The Labute approximate surface area is 131 Å². The number of imidazole rings is 1. The molecule has 1 atom stereocenters. The molecule has 4 rings (SSSR count). The minimum Gasteiger partial charge on any atom is -0.477 e. The highest BCUT2D eigenvalue weighted by Crippen LogP contribution is 2.45. The Hall–Kier alpha value is -2.02. The third-order valence-corrected chi connectivity index (χ3v) is 5.32. The van der Waals surface area contributed by atoms with Gasteiger partial charge in [0.15, 0.2) is 0 Å². The minimum absolute atomic E-state index is 0.0674. The first-order valence-electron chi connectivity index (χ1n) is 7.35. The molecule has 1 N–H and O–H groups in total. The average Bonchev–Trinajstić information content (AvgIpc) is 3.00. The molecular formula is C15H15N3O3S. The highest BCUT2D eigenvalue weighted by molar-refractivity contribution is 8.03. The van der Waals surface area contributed by atoms with Crippen molar-refractivity contribution < 1.29 is 14.7 Å². The van der Waals surface area contributed by atoms with Gasteiger partial charge in [-0.2, -0.15) is 0 Å². The molecule has 0 aromatic carbocycles. The van der Waals surface area contributed by atoms with Gasteiger partial charge in [0.25, 0.3) is 5.91 Å². The van der Waals surface area contributed by atoms with Crippen molar-refractivity contribution >= 4 is 29.7 Å². The zero-order valence-corrected chi connectivity index (χ0v) is 12.7. The normalized spacial score (nSPS) is 25.4. The molecule has 7 heteroatoms. The number of carbonyl (C=O) groups is 2. The molecule has 1 fully saturated rings. The monoisotopic (exact) mass is 317 g/mol. The highest BCUT2D eigenvalue weighted by Gasteiger charge is 2.49. The maximum absolute atomic E-state index is 12.2. The van der Waals surface area contributed by atoms with Gasteiger partial charge in [-0.3, -0.25) is 9.69 Å². The summed E-state index contributed by atoms with van der Waals surface area (Å²) in [5.74, 6) is -0.209. The number of hydrogen-bond donors (Lipinski definition) is 1. The summed E-state index contributed by atoms with van der Waals surface area (Å²) in [6.45, 7) is 0.981. The van der Waals surface area contributed by atoms with Gasteiger partial charge < -0.3 is 9.67 Å². The van der Waals surface area contributed by atoms with E-state index in [0.29, 0.717) is 5.57 Å². The number of nitrogens with zero attached hydrogens (tertiary/aromatic N) is 3.